The van der Waals surface area contributed by atoms with E-state index in [-0.39, 0.29) is 35.6 Å². The quantitative estimate of drug-likeness (QED) is 0.307. The fourth-order valence-corrected chi connectivity index (χ4v) is 5.08. The number of hydrogen-bond donors (Lipinski definition) is 1. The second kappa shape index (κ2) is 11.5. The van der Waals surface area contributed by atoms with Gasteiger partial charge in [-0.1, -0.05) is 19.1 Å². The van der Waals surface area contributed by atoms with E-state index in [1.807, 2.05) is 17.0 Å². The van der Waals surface area contributed by atoms with Crippen molar-refractivity contribution in [3.05, 3.63) is 77.1 Å². The zero-order valence-corrected chi connectivity index (χ0v) is 22.1. The van der Waals surface area contributed by atoms with Crippen LogP contribution in [0.3, 0.4) is 0 Å². The highest BCUT2D eigenvalue weighted by atomic mass is 19.1. The molecule has 4 aromatic rings. The molecular weight excluding hydrogens is 502 g/mol. The third kappa shape index (κ3) is 5.80. The van der Waals surface area contributed by atoms with E-state index in [9.17, 15) is 14.3 Å². The molecule has 0 unspecified atom stereocenters. The normalized spacial score (nSPS) is 15.2. The second-order valence-corrected chi connectivity index (χ2v) is 10.2. The van der Waals surface area contributed by atoms with Gasteiger partial charge in [-0.25, -0.2) is 28.7 Å². The minimum absolute atomic E-state index is 0.0505. The average molecular weight is 535 g/mol. The Morgan fingerprint density at radius 1 is 1.10 bits per heavy atom. The van der Waals surface area contributed by atoms with E-state index in [4.69, 9.17) is 0 Å². The van der Waals surface area contributed by atoms with Gasteiger partial charge in [0.15, 0.2) is 11.6 Å². The molecule has 4 heterocycles. The van der Waals surface area contributed by atoms with Crippen molar-refractivity contribution in [1.82, 2.24) is 24.5 Å². The molecule has 8 nitrogen and oxygen atoms in total. The Labute approximate surface area is 225 Å². The van der Waals surface area contributed by atoms with Gasteiger partial charge < -0.3 is 14.6 Å². The lowest BCUT2D eigenvalue weighted by atomic mass is 10.0. The third-order valence-electron chi connectivity index (χ3n) is 7.40. The van der Waals surface area contributed by atoms with Crippen LogP contribution >= 0.6 is 0 Å². The Bertz CT molecular complexity index is 1460. The molecule has 10 heteroatoms. The molecule has 0 radical (unpaired) electrons. The molecule has 1 N–H and O–H groups in total. The Hall–Kier alpha value is -3.79. The molecule has 0 amide bonds. The van der Waals surface area contributed by atoms with Gasteiger partial charge in [0.1, 0.15) is 17.8 Å². The number of carbonyl (C=O) groups excluding carboxylic acids is 1. The lowest BCUT2D eigenvalue weighted by Crippen LogP contribution is -2.35. The average Bonchev–Trinajstić information content (AvgIpc) is 3.30. The molecule has 1 aromatic carbocycles. The fraction of sp³-hybridized carbons (Fsp3) is 0.414. The number of piperidine rings is 1. The smallest absolute Gasteiger partial charge is 0.225 e. The molecule has 39 heavy (non-hydrogen) atoms. The van der Waals surface area contributed by atoms with Gasteiger partial charge in [0.2, 0.25) is 5.95 Å². The first-order valence-electron chi connectivity index (χ1n) is 13.4. The highest BCUT2D eigenvalue weighted by Crippen LogP contribution is 2.31. The molecule has 0 aliphatic carbocycles. The maximum Gasteiger partial charge on any atom is 0.225 e. The molecular formula is C29H32F2N6O2. The maximum atomic E-state index is 15.3. The van der Waals surface area contributed by atoms with Gasteiger partial charge in [-0.3, -0.25) is 4.79 Å². The first kappa shape index (κ1) is 26.8. The summed E-state index contributed by atoms with van der Waals surface area (Å²) in [6, 6.07) is 4.36. The lowest BCUT2D eigenvalue weighted by molar-refractivity contribution is 0.0949. The third-order valence-corrected chi connectivity index (χ3v) is 7.40. The van der Waals surface area contributed by atoms with Crippen LogP contribution in [0.5, 0.6) is 0 Å². The predicted molar refractivity (Wildman–Crippen MR) is 144 cm³/mol. The number of fused-ring (bicyclic) bond motifs is 1. The molecule has 1 aliphatic rings. The van der Waals surface area contributed by atoms with Crippen LogP contribution in [0.2, 0.25) is 0 Å². The molecule has 1 fully saturated rings. The number of Topliss-reactive ketones (excluding diaryl/α,β-unsaturated/α-hetero) is 1. The first-order valence-corrected chi connectivity index (χ1v) is 13.4. The summed E-state index contributed by atoms with van der Waals surface area (Å²) in [5.74, 6) is -0.515. The van der Waals surface area contributed by atoms with Crippen LogP contribution in [-0.2, 0) is 12.8 Å². The minimum atomic E-state index is -0.597. The van der Waals surface area contributed by atoms with E-state index in [2.05, 4.69) is 31.8 Å². The topological polar surface area (TPSA) is 97.0 Å². The number of aryl methyl sites for hydroxylation is 1. The second-order valence-electron chi connectivity index (χ2n) is 10.2. The molecule has 204 valence electrons. The van der Waals surface area contributed by atoms with Gasteiger partial charge in [-0.05, 0) is 49.8 Å². The summed E-state index contributed by atoms with van der Waals surface area (Å²) >= 11 is 0. The van der Waals surface area contributed by atoms with Gasteiger partial charge >= 0.3 is 0 Å². The summed E-state index contributed by atoms with van der Waals surface area (Å²) in [7, 11) is 0. The first-order chi connectivity index (χ1) is 18.8. The van der Waals surface area contributed by atoms with Crippen LogP contribution in [0.25, 0.3) is 11.0 Å². The highest BCUT2D eigenvalue weighted by molar-refractivity contribution is 5.96. The van der Waals surface area contributed by atoms with E-state index < -0.39 is 17.7 Å². The van der Waals surface area contributed by atoms with E-state index >= 15 is 4.39 Å². The van der Waals surface area contributed by atoms with Crippen molar-refractivity contribution in [2.24, 2.45) is 0 Å². The number of nitrogens with zero attached hydrogens (tertiary/aromatic N) is 6. The van der Waals surface area contributed by atoms with Crippen LogP contribution in [0.1, 0.15) is 72.8 Å². The van der Waals surface area contributed by atoms with Gasteiger partial charge in [0.25, 0.3) is 0 Å². The van der Waals surface area contributed by atoms with Crippen molar-refractivity contribution in [3.63, 3.8) is 0 Å². The molecule has 1 saturated heterocycles. The van der Waals surface area contributed by atoms with Crippen molar-refractivity contribution in [1.29, 1.82) is 0 Å². The number of aromatic nitrogens is 5. The van der Waals surface area contributed by atoms with Crippen molar-refractivity contribution < 1.29 is 18.7 Å². The molecule has 1 atom stereocenters. The number of anilines is 1. The Morgan fingerprint density at radius 3 is 2.51 bits per heavy atom. The minimum Gasteiger partial charge on any atom is -0.393 e. The van der Waals surface area contributed by atoms with Crippen molar-refractivity contribution in [2.45, 2.75) is 64.5 Å². The van der Waals surface area contributed by atoms with E-state index in [0.29, 0.717) is 29.3 Å². The number of halogens is 2. The molecule has 1 aliphatic heterocycles. The monoisotopic (exact) mass is 534 g/mol. The van der Waals surface area contributed by atoms with Crippen LogP contribution in [-0.4, -0.2) is 54.6 Å². The molecule has 3 aromatic heterocycles. The standard InChI is InChI=1S/C29H32F2N6O2/c1-3-19-14-32-29(33-15-19)36-10-8-22(9-11-36)37-16-24(31)27-25(34-17-35-28(27)37)13-20-5-6-21(12-23(20)30)26(39)7-4-18(2)38/h5-6,12,14-18,22,38H,3-4,7-11,13H2,1-2H3/t18-/m1/s1. The highest BCUT2D eigenvalue weighted by Gasteiger charge is 2.26. The summed E-state index contributed by atoms with van der Waals surface area (Å²) in [6.45, 7) is 5.15. The summed E-state index contributed by atoms with van der Waals surface area (Å²) in [4.78, 5) is 32.1. The number of ketones is 1. The van der Waals surface area contributed by atoms with Crippen molar-refractivity contribution in [2.75, 3.05) is 18.0 Å². The van der Waals surface area contributed by atoms with Crippen LogP contribution < -0.4 is 4.90 Å². The lowest BCUT2D eigenvalue weighted by Gasteiger charge is -2.32. The molecule has 0 saturated carbocycles. The zero-order chi connectivity index (χ0) is 27.5. The fourth-order valence-electron chi connectivity index (χ4n) is 5.08. The van der Waals surface area contributed by atoms with Gasteiger partial charge in [0, 0.05) is 56.1 Å². The molecule has 0 spiro atoms. The number of aliphatic hydroxyl groups excluding tert-OH is 1. The SMILES string of the molecule is CCc1cnc(N2CCC(n3cc(F)c4c(Cc5ccc(C(=O)CC[C@@H](C)O)cc5F)ncnc43)CC2)nc1. The van der Waals surface area contributed by atoms with Crippen LogP contribution in [0, 0.1) is 11.6 Å². The van der Waals surface area contributed by atoms with Crippen molar-refractivity contribution >= 4 is 22.8 Å². The number of hydrogen-bond acceptors (Lipinski definition) is 7. The van der Waals surface area contributed by atoms with Gasteiger partial charge in [-0.15, -0.1) is 0 Å². The van der Waals surface area contributed by atoms with Crippen LogP contribution in [0.15, 0.2) is 43.1 Å². The largest absolute Gasteiger partial charge is 0.393 e. The van der Waals surface area contributed by atoms with Crippen LogP contribution in [0.4, 0.5) is 14.7 Å². The molecule has 0 bridgehead atoms. The Kier molecular flexibility index (Phi) is 7.92. The van der Waals surface area contributed by atoms with Gasteiger partial charge in [-0.2, -0.15) is 0 Å². The Balaban J connectivity index is 1.32. The summed E-state index contributed by atoms with van der Waals surface area (Å²) in [5.41, 5.74) is 2.54. The van der Waals surface area contributed by atoms with Crippen molar-refractivity contribution in [3.8, 4) is 0 Å². The Morgan fingerprint density at radius 2 is 1.85 bits per heavy atom. The summed E-state index contributed by atoms with van der Waals surface area (Å²) < 4.78 is 32.1. The molecule has 5 rings (SSSR count). The number of benzene rings is 1. The number of aliphatic hydroxyl groups is 1. The van der Waals surface area contributed by atoms with E-state index in [1.165, 1.54) is 18.6 Å². The predicted octanol–water partition coefficient (Wildman–Crippen LogP) is 4.84. The maximum absolute atomic E-state index is 15.3. The van der Waals surface area contributed by atoms with Gasteiger partial charge in [0.05, 0.1) is 17.2 Å². The van der Waals surface area contributed by atoms with E-state index in [0.717, 1.165) is 37.9 Å². The van der Waals surface area contributed by atoms with E-state index in [1.54, 1.807) is 19.1 Å². The number of carbonyl (C=O) groups is 1. The summed E-state index contributed by atoms with van der Waals surface area (Å²) in [5, 5.41) is 9.69. The summed E-state index contributed by atoms with van der Waals surface area (Å²) in [6.07, 6.45) is 8.93. The number of rotatable bonds is 9. The zero-order valence-electron chi connectivity index (χ0n) is 22.1.